The number of hydrogen-bond donors (Lipinski definition) is 0. The number of fused-ring (bicyclic) bond motifs is 2. The molecule has 0 aromatic heterocycles. The van der Waals surface area contributed by atoms with Crippen molar-refractivity contribution in [3.8, 4) is 0 Å². The molecule has 2 bridgehead atoms. The molecule has 1 saturated heterocycles. The third-order valence-corrected chi connectivity index (χ3v) is 3.55. The molecule has 3 aliphatic heterocycles. The molecule has 3 aliphatic rings. The molecule has 0 aromatic rings. The molecule has 1 fully saturated rings. The van der Waals surface area contributed by atoms with Crippen LogP contribution in [-0.4, -0.2) is 57.4 Å². The van der Waals surface area contributed by atoms with Crippen LogP contribution in [0.1, 0.15) is 0 Å². The summed E-state index contributed by atoms with van der Waals surface area (Å²) in [5.74, 6) is -1.28. The zero-order valence-electron chi connectivity index (χ0n) is 11.1. The fourth-order valence-electron chi connectivity index (χ4n) is 2.73. The summed E-state index contributed by atoms with van der Waals surface area (Å²) >= 11 is 0. The van der Waals surface area contributed by atoms with Gasteiger partial charge in [-0.3, -0.25) is 0 Å². The van der Waals surface area contributed by atoms with Crippen LogP contribution in [0.5, 0.6) is 0 Å². The van der Waals surface area contributed by atoms with Crippen molar-refractivity contribution in [2.24, 2.45) is 0 Å². The van der Waals surface area contributed by atoms with Gasteiger partial charge in [0.25, 0.3) is 0 Å². The normalized spacial score (nSPS) is 32.0. The first-order chi connectivity index (χ1) is 9.64. The summed E-state index contributed by atoms with van der Waals surface area (Å²) in [6, 6.07) is 0. The van der Waals surface area contributed by atoms with E-state index in [-0.39, 0.29) is 11.1 Å². The third-order valence-electron chi connectivity index (χ3n) is 3.55. The summed E-state index contributed by atoms with van der Waals surface area (Å²) in [6.07, 6.45) is 1.93. The first-order valence-corrected chi connectivity index (χ1v) is 6.15. The van der Waals surface area contributed by atoms with Crippen molar-refractivity contribution in [2.45, 2.75) is 18.0 Å². The Hall–Kier alpha value is -1.70. The maximum absolute atomic E-state index is 12.1. The fraction of sp³-hybridized carbons (Fsp3) is 0.538. The summed E-state index contributed by atoms with van der Waals surface area (Å²) in [5.41, 5.74) is -1.01. The van der Waals surface area contributed by atoms with E-state index < -0.39 is 29.9 Å². The molecule has 7 heteroatoms. The van der Waals surface area contributed by atoms with Gasteiger partial charge in [-0.1, -0.05) is 6.08 Å². The van der Waals surface area contributed by atoms with E-state index >= 15 is 0 Å². The maximum atomic E-state index is 12.1. The Morgan fingerprint density at radius 2 is 1.85 bits per heavy atom. The Bertz CT molecular complexity index is 515. The van der Waals surface area contributed by atoms with Gasteiger partial charge in [-0.2, -0.15) is 0 Å². The maximum Gasteiger partial charge on any atom is 0.337 e. The van der Waals surface area contributed by atoms with Crippen LogP contribution >= 0.6 is 0 Å². The molecule has 0 amide bonds. The van der Waals surface area contributed by atoms with Gasteiger partial charge < -0.3 is 23.7 Å². The van der Waals surface area contributed by atoms with Gasteiger partial charge >= 0.3 is 11.9 Å². The van der Waals surface area contributed by atoms with E-state index in [9.17, 15) is 9.59 Å². The van der Waals surface area contributed by atoms with Crippen LogP contribution in [0.25, 0.3) is 0 Å². The van der Waals surface area contributed by atoms with E-state index in [2.05, 4.69) is 0 Å². The van der Waals surface area contributed by atoms with Gasteiger partial charge in [0, 0.05) is 0 Å². The molecule has 20 heavy (non-hydrogen) atoms. The van der Waals surface area contributed by atoms with Crippen molar-refractivity contribution in [3.63, 3.8) is 0 Å². The first-order valence-electron chi connectivity index (χ1n) is 6.15. The second-order valence-electron chi connectivity index (χ2n) is 4.54. The Balaban J connectivity index is 2.09. The highest BCUT2D eigenvalue weighted by Gasteiger charge is 2.60. The van der Waals surface area contributed by atoms with Crippen molar-refractivity contribution in [2.75, 3.05) is 27.4 Å². The highest BCUT2D eigenvalue weighted by Crippen LogP contribution is 2.47. The van der Waals surface area contributed by atoms with E-state index in [1.165, 1.54) is 14.2 Å². The summed E-state index contributed by atoms with van der Waals surface area (Å²) in [7, 11) is 2.49. The topological polar surface area (TPSA) is 80.3 Å². The smallest absolute Gasteiger partial charge is 0.337 e. The quantitative estimate of drug-likeness (QED) is 0.519. The molecule has 0 unspecified atom stereocenters. The lowest BCUT2D eigenvalue weighted by Gasteiger charge is -2.29. The van der Waals surface area contributed by atoms with E-state index in [1.54, 1.807) is 12.2 Å². The summed E-state index contributed by atoms with van der Waals surface area (Å²) in [6.45, 7) is 0.798. The molecule has 3 heterocycles. The average molecular weight is 282 g/mol. The molecule has 108 valence electrons. The van der Waals surface area contributed by atoms with E-state index in [4.69, 9.17) is 23.7 Å². The SMILES string of the molecule is COC(=O)C1=C(C(=O)OC)[C@]2(C3OCCO3)C=C[C@H]1O2. The molecule has 0 saturated carbocycles. The minimum atomic E-state index is -1.24. The van der Waals surface area contributed by atoms with Gasteiger partial charge in [-0.15, -0.1) is 0 Å². The Morgan fingerprint density at radius 3 is 2.45 bits per heavy atom. The molecule has 2 atom stereocenters. The third kappa shape index (κ3) is 1.64. The molecule has 0 spiro atoms. The Morgan fingerprint density at radius 1 is 1.20 bits per heavy atom. The molecule has 3 rings (SSSR count). The minimum Gasteiger partial charge on any atom is -0.466 e. The fourth-order valence-corrected chi connectivity index (χ4v) is 2.73. The highest BCUT2D eigenvalue weighted by atomic mass is 16.7. The molecular weight excluding hydrogens is 268 g/mol. The van der Waals surface area contributed by atoms with Gasteiger partial charge in [-0.05, 0) is 6.08 Å². The minimum absolute atomic E-state index is 0.0891. The lowest BCUT2D eigenvalue weighted by Crippen LogP contribution is -2.44. The highest BCUT2D eigenvalue weighted by molar-refractivity contribution is 6.05. The summed E-state index contributed by atoms with van der Waals surface area (Å²) in [5, 5.41) is 0. The van der Waals surface area contributed by atoms with Crippen molar-refractivity contribution < 1.29 is 33.3 Å². The zero-order chi connectivity index (χ0) is 14.3. The monoisotopic (exact) mass is 282 g/mol. The molecule has 0 radical (unpaired) electrons. The summed E-state index contributed by atoms with van der Waals surface area (Å²) in [4.78, 5) is 24.0. The van der Waals surface area contributed by atoms with Gasteiger partial charge in [0.1, 0.15) is 6.10 Å². The van der Waals surface area contributed by atoms with Crippen LogP contribution < -0.4 is 0 Å². The first kappa shape index (κ1) is 13.3. The van der Waals surface area contributed by atoms with Gasteiger partial charge in [0.05, 0.1) is 38.6 Å². The van der Waals surface area contributed by atoms with E-state index in [0.29, 0.717) is 13.2 Å². The zero-order valence-corrected chi connectivity index (χ0v) is 11.1. The van der Waals surface area contributed by atoms with Crippen LogP contribution in [-0.2, 0) is 33.3 Å². The van der Waals surface area contributed by atoms with Gasteiger partial charge in [0.15, 0.2) is 11.9 Å². The van der Waals surface area contributed by atoms with Crippen molar-refractivity contribution in [1.82, 2.24) is 0 Å². The number of carbonyl (C=O) groups is 2. The van der Waals surface area contributed by atoms with Crippen LogP contribution in [0.15, 0.2) is 23.3 Å². The van der Waals surface area contributed by atoms with Crippen LogP contribution in [0.4, 0.5) is 0 Å². The summed E-state index contributed by atoms with van der Waals surface area (Å²) < 4.78 is 26.2. The number of esters is 2. The molecule has 0 N–H and O–H groups in total. The second kappa shape index (κ2) is 4.69. The van der Waals surface area contributed by atoms with E-state index in [0.717, 1.165) is 0 Å². The molecule has 0 aromatic carbocycles. The van der Waals surface area contributed by atoms with Gasteiger partial charge in [-0.25, -0.2) is 9.59 Å². The molecular formula is C13H14O7. The average Bonchev–Trinajstić information content (AvgIpc) is 3.18. The van der Waals surface area contributed by atoms with Gasteiger partial charge in [0.2, 0.25) is 0 Å². The predicted octanol–water partition coefficient (Wildman–Crippen LogP) is -0.291. The molecule has 7 nitrogen and oxygen atoms in total. The van der Waals surface area contributed by atoms with E-state index in [1.807, 2.05) is 0 Å². The van der Waals surface area contributed by atoms with Crippen LogP contribution in [0.3, 0.4) is 0 Å². The lowest BCUT2D eigenvalue weighted by atomic mass is 9.86. The molecule has 0 aliphatic carbocycles. The lowest BCUT2D eigenvalue weighted by molar-refractivity contribution is -0.164. The van der Waals surface area contributed by atoms with Crippen molar-refractivity contribution >= 4 is 11.9 Å². The number of hydrogen-bond acceptors (Lipinski definition) is 7. The number of rotatable bonds is 3. The van der Waals surface area contributed by atoms with Crippen LogP contribution in [0.2, 0.25) is 0 Å². The second-order valence-corrected chi connectivity index (χ2v) is 4.54. The number of ether oxygens (including phenoxy) is 5. The van der Waals surface area contributed by atoms with Crippen LogP contribution in [0, 0.1) is 0 Å². The number of carbonyl (C=O) groups excluding carboxylic acids is 2. The number of methoxy groups -OCH3 is 2. The Labute approximate surface area is 115 Å². The Kier molecular flexibility index (Phi) is 3.12. The standard InChI is InChI=1S/C13H14O7/c1-16-10(14)8-7-3-4-13(20-7,9(8)11(15)17-2)12-18-5-6-19-12/h3-4,7,12H,5-6H2,1-2H3/t7-,13+/m1/s1. The predicted molar refractivity (Wildman–Crippen MR) is 63.5 cm³/mol. The largest absolute Gasteiger partial charge is 0.466 e. The van der Waals surface area contributed by atoms with Crippen molar-refractivity contribution in [3.05, 3.63) is 23.3 Å². The van der Waals surface area contributed by atoms with Crippen molar-refractivity contribution in [1.29, 1.82) is 0 Å².